The highest BCUT2D eigenvalue weighted by Crippen LogP contribution is 2.46. The lowest BCUT2D eigenvalue weighted by molar-refractivity contribution is -0.144. The number of unbranched alkanes of at least 4 members (excludes halogenated alkanes) is 1. The molecule has 1 aliphatic rings. The largest absolute Gasteiger partial charge is 0.493 e. The molecule has 1 aliphatic carbocycles. The molecule has 2 aromatic rings. The third kappa shape index (κ3) is 9.25. The summed E-state index contributed by atoms with van der Waals surface area (Å²) in [4.78, 5) is 26.1. The standard InChI is InChI=1S/C34H44FNO7S/c1-8-11-12-16-42-33-23(6)21(4)17-22(5)31(33)25-18-26(24-14-15-24)32(35)27(19-25)28(20-30(37)41-10-3)36-34(38)29(13-9-2)43-44(7,39)40/h8-9,17-19,24,28-29H,1-2,10-16,20H2,3-7H3,(H,36,38)/t28-,29+/m0/s1. The molecule has 0 saturated heterocycles. The fourth-order valence-corrected chi connectivity index (χ4v) is 5.78. The van der Waals surface area contributed by atoms with Crippen molar-refractivity contribution in [2.45, 2.75) is 84.3 Å². The second kappa shape index (κ2) is 15.5. The Labute approximate surface area is 260 Å². The van der Waals surface area contributed by atoms with Crippen molar-refractivity contribution in [1.82, 2.24) is 5.32 Å². The Morgan fingerprint density at radius 2 is 1.82 bits per heavy atom. The molecule has 0 aliphatic heterocycles. The summed E-state index contributed by atoms with van der Waals surface area (Å²) < 4.78 is 56.6. The van der Waals surface area contributed by atoms with Gasteiger partial charge in [-0.3, -0.25) is 13.8 Å². The lowest BCUT2D eigenvalue weighted by atomic mass is 9.88. The van der Waals surface area contributed by atoms with Crippen molar-refractivity contribution in [2.24, 2.45) is 0 Å². The highest BCUT2D eigenvalue weighted by atomic mass is 32.2. The normalized spacial score (nSPS) is 14.4. The van der Waals surface area contributed by atoms with Gasteiger partial charge in [0.1, 0.15) is 11.6 Å². The maximum absolute atomic E-state index is 16.4. The minimum atomic E-state index is -4.01. The van der Waals surface area contributed by atoms with Crippen LogP contribution >= 0.6 is 0 Å². The average Bonchev–Trinajstić information content (AvgIpc) is 3.78. The lowest BCUT2D eigenvalue weighted by Crippen LogP contribution is -2.40. The van der Waals surface area contributed by atoms with Crippen molar-refractivity contribution in [2.75, 3.05) is 19.5 Å². The van der Waals surface area contributed by atoms with E-state index in [-0.39, 0.29) is 30.9 Å². The van der Waals surface area contributed by atoms with Crippen LogP contribution in [0.2, 0.25) is 0 Å². The molecule has 1 amide bonds. The van der Waals surface area contributed by atoms with Crippen LogP contribution in [0.25, 0.3) is 11.1 Å². The maximum Gasteiger partial charge on any atom is 0.308 e. The van der Waals surface area contributed by atoms with Gasteiger partial charge in [-0.2, -0.15) is 8.42 Å². The Morgan fingerprint density at radius 1 is 1.11 bits per heavy atom. The molecule has 240 valence electrons. The summed E-state index contributed by atoms with van der Waals surface area (Å²) in [5.74, 6) is -1.29. The highest BCUT2D eigenvalue weighted by Gasteiger charge is 2.34. The van der Waals surface area contributed by atoms with Crippen LogP contribution in [0.3, 0.4) is 0 Å². The van der Waals surface area contributed by atoms with E-state index in [1.807, 2.05) is 32.9 Å². The van der Waals surface area contributed by atoms with Crippen LogP contribution in [0.1, 0.15) is 85.2 Å². The van der Waals surface area contributed by atoms with Crippen LogP contribution in [0.4, 0.5) is 4.39 Å². The van der Waals surface area contributed by atoms with E-state index >= 15 is 4.39 Å². The zero-order chi connectivity index (χ0) is 32.6. The number of aryl methyl sites for hydroxylation is 2. The average molecular weight is 630 g/mol. The van der Waals surface area contributed by atoms with Gasteiger partial charge in [-0.05, 0) is 99.2 Å². The number of benzene rings is 2. The summed E-state index contributed by atoms with van der Waals surface area (Å²) in [5.41, 5.74) is 5.04. The van der Waals surface area contributed by atoms with Gasteiger partial charge in [0.15, 0.2) is 6.10 Å². The molecule has 0 radical (unpaired) electrons. The number of carbonyl (C=O) groups excluding carboxylic acids is 2. The van der Waals surface area contributed by atoms with E-state index in [1.165, 1.54) is 6.08 Å². The van der Waals surface area contributed by atoms with Crippen molar-refractivity contribution >= 4 is 22.0 Å². The molecular formula is C34H44FNO7S. The Morgan fingerprint density at radius 3 is 2.41 bits per heavy atom. The first-order valence-corrected chi connectivity index (χ1v) is 16.8. The molecule has 1 fully saturated rings. The molecule has 0 aromatic heterocycles. The zero-order valence-electron chi connectivity index (χ0n) is 26.3. The molecule has 1 saturated carbocycles. The molecule has 0 heterocycles. The minimum absolute atomic E-state index is 0.00135. The predicted molar refractivity (Wildman–Crippen MR) is 170 cm³/mol. The SMILES string of the molecule is C=CCCCOc1c(C)c(C)cc(C)c1-c1cc(C2CC2)c(F)c([C@H](CC(=O)OCC)NC(=O)[C@@H](CC=C)OS(C)(=O)=O)c1. The zero-order valence-corrected chi connectivity index (χ0v) is 27.2. The van der Waals surface area contributed by atoms with Gasteiger partial charge in [0.05, 0.1) is 31.9 Å². The van der Waals surface area contributed by atoms with E-state index in [4.69, 9.17) is 13.7 Å². The minimum Gasteiger partial charge on any atom is -0.493 e. The van der Waals surface area contributed by atoms with E-state index in [2.05, 4.69) is 24.5 Å². The van der Waals surface area contributed by atoms with Gasteiger partial charge in [0.25, 0.3) is 16.0 Å². The van der Waals surface area contributed by atoms with Crippen molar-refractivity contribution in [3.8, 4) is 16.9 Å². The van der Waals surface area contributed by atoms with Crippen molar-refractivity contribution in [1.29, 1.82) is 0 Å². The molecule has 1 N–H and O–H groups in total. The summed E-state index contributed by atoms with van der Waals surface area (Å²) in [6, 6.07) is 4.36. The van der Waals surface area contributed by atoms with E-state index < -0.39 is 40.0 Å². The monoisotopic (exact) mass is 629 g/mol. The predicted octanol–water partition coefficient (Wildman–Crippen LogP) is 6.67. The lowest BCUT2D eigenvalue weighted by Gasteiger charge is -2.25. The van der Waals surface area contributed by atoms with Crippen molar-refractivity contribution < 1.29 is 36.1 Å². The Kier molecular flexibility index (Phi) is 12.3. The third-order valence-electron chi connectivity index (χ3n) is 7.55. The van der Waals surface area contributed by atoms with Crippen LogP contribution in [-0.2, 0) is 28.6 Å². The van der Waals surface area contributed by atoms with Gasteiger partial charge in [0, 0.05) is 17.5 Å². The van der Waals surface area contributed by atoms with Gasteiger partial charge in [-0.15, -0.1) is 13.2 Å². The summed E-state index contributed by atoms with van der Waals surface area (Å²) in [6.45, 7) is 15.5. The summed E-state index contributed by atoms with van der Waals surface area (Å²) >= 11 is 0. The molecular weight excluding hydrogens is 585 g/mol. The molecule has 2 aromatic carbocycles. The quantitative estimate of drug-likeness (QED) is 0.0901. The number of ether oxygens (including phenoxy) is 2. The fraction of sp³-hybridized carbons (Fsp3) is 0.471. The smallest absolute Gasteiger partial charge is 0.308 e. The Hall–Kier alpha value is -3.50. The number of hydrogen-bond acceptors (Lipinski definition) is 7. The first-order valence-electron chi connectivity index (χ1n) is 14.9. The molecule has 44 heavy (non-hydrogen) atoms. The van der Waals surface area contributed by atoms with Gasteiger partial charge in [0.2, 0.25) is 0 Å². The number of amides is 1. The van der Waals surface area contributed by atoms with E-state index in [9.17, 15) is 18.0 Å². The second-order valence-electron chi connectivity index (χ2n) is 11.2. The van der Waals surface area contributed by atoms with Crippen LogP contribution in [0, 0.1) is 26.6 Å². The molecule has 3 rings (SSSR count). The molecule has 0 spiro atoms. The molecule has 2 atom stereocenters. The number of carbonyl (C=O) groups is 2. The number of hydrogen-bond donors (Lipinski definition) is 1. The number of esters is 1. The topological polar surface area (TPSA) is 108 Å². The van der Waals surface area contributed by atoms with Crippen LogP contribution in [0.15, 0.2) is 43.5 Å². The highest BCUT2D eigenvalue weighted by molar-refractivity contribution is 7.86. The molecule has 0 bridgehead atoms. The van der Waals surface area contributed by atoms with E-state index in [0.717, 1.165) is 54.2 Å². The summed E-state index contributed by atoms with van der Waals surface area (Å²) in [7, 11) is -4.01. The molecule has 10 heteroatoms. The number of nitrogens with one attached hydrogen (secondary N) is 1. The number of halogens is 1. The molecule has 0 unspecified atom stereocenters. The Balaban J connectivity index is 2.19. The van der Waals surface area contributed by atoms with Crippen LogP contribution < -0.4 is 10.1 Å². The van der Waals surface area contributed by atoms with Crippen LogP contribution in [-0.4, -0.2) is 45.9 Å². The van der Waals surface area contributed by atoms with Crippen molar-refractivity contribution in [3.63, 3.8) is 0 Å². The van der Waals surface area contributed by atoms with Gasteiger partial charge in [-0.1, -0.05) is 18.2 Å². The fourth-order valence-electron chi connectivity index (χ4n) is 5.19. The first kappa shape index (κ1) is 35.0. The summed E-state index contributed by atoms with van der Waals surface area (Å²) in [5, 5.41) is 2.68. The van der Waals surface area contributed by atoms with Gasteiger partial charge >= 0.3 is 5.97 Å². The second-order valence-corrected chi connectivity index (χ2v) is 12.8. The first-order chi connectivity index (χ1) is 20.8. The van der Waals surface area contributed by atoms with Gasteiger partial charge < -0.3 is 14.8 Å². The number of allylic oxidation sites excluding steroid dienone is 1. The Bertz CT molecular complexity index is 1500. The number of rotatable bonds is 17. The summed E-state index contributed by atoms with van der Waals surface area (Å²) in [6.07, 6.45) is 5.30. The van der Waals surface area contributed by atoms with E-state index in [0.29, 0.717) is 23.5 Å². The van der Waals surface area contributed by atoms with Crippen molar-refractivity contribution in [3.05, 3.63) is 77.1 Å². The van der Waals surface area contributed by atoms with E-state index in [1.54, 1.807) is 13.0 Å². The van der Waals surface area contributed by atoms with Gasteiger partial charge in [-0.25, -0.2) is 4.39 Å². The maximum atomic E-state index is 16.4. The molecule has 8 nitrogen and oxygen atoms in total. The van der Waals surface area contributed by atoms with Crippen LogP contribution in [0.5, 0.6) is 5.75 Å². The third-order valence-corrected chi connectivity index (χ3v) is 8.13.